The number of likely N-dealkylation sites (N-methyl/N-ethyl adjacent to an activating group) is 1. The molecular formula is C20H34IN5. The predicted octanol–water partition coefficient (Wildman–Crippen LogP) is 2.48. The lowest BCUT2D eigenvalue weighted by Gasteiger charge is -2.37. The maximum absolute atomic E-state index is 4.51. The molecule has 1 unspecified atom stereocenters. The van der Waals surface area contributed by atoms with Gasteiger partial charge in [-0.1, -0.05) is 30.3 Å². The minimum atomic E-state index is 0. The van der Waals surface area contributed by atoms with Crippen LogP contribution in [0, 0.1) is 0 Å². The third kappa shape index (κ3) is 6.09. The maximum Gasteiger partial charge on any atom is 0.193 e. The quantitative estimate of drug-likeness (QED) is 0.393. The van der Waals surface area contributed by atoms with Gasteiger partial charge in [0.15, 0.2) is 5.96 Å². The summed E-state index contributed by atoms with van der Waals surface area (Å²) in [5.74, 6) is 1.05. The van der Waals surface area contributed by atoms with E-state index in [0.717, 1.165) is 51.3 Å². The molecule has 2 fully saturated rings. The average molecular weight is 471 g/mol. The van der Waals surface area contributed by atoms with E-state index >= 15 is 0 Å². The molecular weight excluding hydrogens is 437 g/mol. The first-order chi connectivity index (χ1) is 12.2. The van der Waals surface area contributed by atoms with Crippen LogP contribution in [0.4, 0.5) is 0 Å². The number of aliphatic imine (C=N–C) groups is 1. The van der Waals surface area contributed by atoms with Gasteiger partial charge in [0.2, 0.25) is 0 Å². The standard InChI is InChI=1S/C20H33N5.HI/c1-17(23(3)19-9-10-19)15-22-20(21-2)25-13-11-24(12-14-25)16-18-7-5-4-6-8-18;/h4-8,17,19H,9-16H2,1-3H3,(H,21,22);1H. The number of nitrogens with one attached hydrogen (secondary N) is 1. The van der Waals surface area contributed by atoms with Gasteiger partial charge >= 0.3 is 0 Å². The van der Waals surface area contributed by atoms with Gasteiger partial charge in [-0.2, -0.15) is 0 Å². The van der Waals surface area contributed by atoms with Crippen LogP contribution in [0.1, 0.15) is 25.3 Å². The molecule has 1 aromatic rings. The lowest BCUT2D eigenvalue weighted by Crippen LogP contribution is -2.53. The normalized spacial score (nSPS) is 20.0. The highest BCUT2D eigenvalue weighted by Gasteiger charge is 2.29. The van der Waals surface area contributed by atoms with Gasteiger partial charge in [0.1, 0.15) is 0 Å². The molecule has 1 saturated carbocycles. The summed E-state index contributed by atoms with van der Waals surface area (Å²) in [6.07, 6.45) is 2.72. The van der Waals surface area contributed by atoms with Crippen LogP contribution < -0.4 is 5.32 Å². The van der Waals surface area contributed by atoms with Crippen molar-refractivity contribution in [1.82, 2.24) is 20.0 Å². The van der Waals surface area contributed by atoms with Crippen molar-refractivity contribution >= 4 is 29.9 Å². The number of hydrogen-bond donors (Lipinski definition) is 1. The number of benzene rings is 1. The number of guanidine groups is 1. The summed E-state index contributed by atoms with van der Waals surface area (Å²) in [6.45, 7) is 8.57. The second kappa shape index (κ2) is 10.5. The maximum atomic E-state index is 4.51. The number of halogens is 1. The number of hydrogen-bond acceptors (Lipinski definition) is 3. The van der Waals surface area contributed by atoms with E-state index in [9.17, 15) is 0 Å². The van der Waals surface area contributed by atoms with Gasteiger partial charge in [-0.15, -0.1) is 24.0 Å². The second-order valence-electron chi connectivity index (χ2n) is 7.42. The van der Waals surface area contributed by atoms with Crippen LogP contribution in [0.25, 0.3) is 0 Å². The molecule has 0 spiro atoms. The second-order valence-corrected chi connectivity index (χ2v) is 7.42. The summed E-state index contributed by atoms with van der Waals surface area (Å²) in [7, 11) is 4.14. The lowest BCUT2D eigenvalue weighted by atomic mass is 10.2. The Labute approximate surface area is 175 Å². The van der Waals surface area contributed by atoms with Gasteiger partial charge in [-0.25, -0.2) is 0 Å². The molecule has 1 saturated heterocycles. The van der Waals surface area contributed by atoms with E-state index in [1.807, 2.05) is 7.05 Å². The van der Waals surface area contributed by atoms with Crippen molar-refractivity contribution in [3.8, 4) is 0 Å². The van der Waals surface area contributed by atoms with Crippen molar-refractivity contribution in [2.24, 2.45) is 4.99 Å². The van der Waals surface area contributed by atoms with E-state index in [2.05, 4.69) is 69.3 Å². The lowest BCUT2D eigenvalue weighted by molar-refractivity contribution is 0.171. The Morgan fingerprint density at radius 2 is 1.85 bits per heavy atom. The van der Waals surface area contributed by atoms with Crippen LogP contribution >= 0.6 is 24.0 Å². The van der Waals surface area contributed by atoms with Crippen LogP contribution in [0.2, 0.25) is 0 Å². The molecule has 0 aromatic heterocycles. The van der Waals surface area contributed by atoms with Crippen molar-refractivity contribution in [1.29, 1.82) is 0 Å². The highest BCUT2D eigenvalue weighted by Crippen LogP contribution is 2.26. The fourth-order valence-electron chi connectivity index (χ4n) is 3.52. The zero-order valence-corrected chi connectivity index (χ0v) is 18.7. The number of piperazine rings is 1. The van der Waals surface area contributed by atoms with E-state index in [-0.39, 0.29) is 24.0 Å². The molecule has 0 amide bonds. The third-order valence-electron chi connectivity index (χ3n) is 5.51. The van der Waals surface area contributed by atoms with Gasteiger partial charge in [0, 0.05) is 58.4 Å². The molecule has 1 atom stereocenters. The van der Waals surface area contributed by atoms with Crippen molar-refractivity contribution in [2.45, 2.75) is 38.4 Å². The molecule has 6 heteroatoms. The Hall–Kier alpha value is -0.860. The molecule has 0 radical (unpaired) electrons. The molecule has 1 aromatic carbocycles. The molecule has 2 aliphatic rings. The van der Waals surface area contributed by atoms with Crippen LogP contribution in [0.15, 0.2) is 35.3 Å². The Morgan fingerprint density at radius 1 is 1.19 bits per heavy atom. The van der Waals surface area contributed by atoms with Crippen molar-refractivity contribution in [3.63, 3.8) is 0 Å². The molecule has 5 nitrogen and oxygen atoms in total. The molecule has 1 heterocycles. The van der Waals surface area contributed by atoms with E-state index < -0.39 is 0 Å². The molecule has 1 N–H and O–H groups in total. The van der Waals surface area contributed by atoms with Gasteiger partial charge in [-0.3, -0.25) is 14.8 Å². The molecule has 146 valence electrons. The van der Waals surface area contributed by atoms with Crippen LogP contribution in [0.5, 0.6) is 0 Å². The Bertz CT molecular complexity index is 553. The Morgan fingerprint density at radius 3 is 2.42 bits per heavy atom. The van der Waals surface area contributed by atoms with Crippen molar-refractivity contribution in [2.75, 3.05) is 46.8 Å². The fraction of sp³-hybridized carbons (Fsp3) is 0.650. The largest absolute Gasteiger partial charge is 0.355 e. The minimum Gasteiger partial charge on any atom is -0.355 e. The summed E-state index contributed by atoms with van der Waals surface area (Å²) in [5.41, 5.74) is 1.40. The molecule has 26 heavy (non-hydrogen) atoms. The summed E-state index contributed by atoms with van der Waals surface area (Å²) in [4.78, 5) is 11.9. The van der Waals surface area contributed by atoms with Gasteiger partial charge < -0.3 is 10.2 Å². The van der Waals surface area contributed by atoms with Gasteiger partial charge in [0.05, 0.1) is 0 Å². The zero-order chi connectivity index (χ0) is 17.6. The number of nitrogens with zero attached hydrogens (tertiary/aromatic N) is 4. The molecule has 3 rings (SSSR count). The summed E-state index contributed by atoms with van der Waals surface area (Å²) in [5, 5.41) is 3.58. The molecule has 0 bridgehead atoms. The first kappa shape index (κ1) is 21.4. The first-order valence-corrected chi connectivity index (χ1v) is 9.61. The zero-order valence-electron chi connectivity index (χ0n) is 16.4. The van der Waals surface area contributed by atoms with E-state index in [0.29, 0.717) is 6.04 Å². The third-order valence-corrected chi connectivity index (χ3v) is 5.51. The van der Waals surface area contributed by atoms with Crippen LogP contribution in [-0.4, -0.2) is 79.6 Å². The number of rotatable bonds is 6. The predicted molar refractivity (Wildman–Crippen MR) is 120 cm³/mol. The summed E-state index contributed by atoms with van der Waals surface area (Å²) < 4.78 is 0. The van der Waals surface area contributed by atoms with E-state index in [1.54, 1.807) is 0 Å². The molecule has 1 aliphatic heterocycles. The molecule has 1 aliphatic carbocycles. The van der Waals surface area contributed by atoms with Gasteiger partial charge in [0.25, 0.3) is 0 Å². The Kier molecular flexibility index (Phi) is 8.63. The first-order valence-electron chi connectivity index (χ1n) is 9.61. The smallest absolute Gasteiger partial charge is 0.193 e. The average Bonchev–Trinajstić information content (AvgIpc) is 3.48. The Balaban J connectivity index is 0.00000243. The summed E-state index contributed by atoms with van der Waals surface area (Å²) in [6, 6.07) is 12.1. The van der Waals surface area contributed by atoms with Crippen LogP contribution in [-0.2, 0) is 6.54 Å². The fourth-order valence-corrected chi connectivity index (χ4v) is 3.52. The van der Waals surface area contributed by atoms with Crippen molar-refractivity contribution in [3.05, 3.63) is 35.9 Å². The topological polar surface area (TPSA) is 34.1 Å². The highest BCUT2D eigenvalue weighted by atomic mass is 127. The summed E-state index contributed by atoms with van der Waals surface area (Å²) >= 11 is 0. The van der Waals surface area contributed by atoms with Gasteiger partial charge in [-0.05, 0) is 32.4 Å². The van der Waals surface area contributed by atoms with E-state index in [1.165, 1.54) is 18.4 Å². The SMILES string of the molecule is CN=C(NCC(C)N(C)C1CC1)N1CCN(Cc2ccccc2)CC1.I. The van der Waals surface area contributed by atoms with Crippen LogP contribution in [0.3, 0.4) is 0 Å². The van der Waals surface area contributed by atoms with Crippen molar-refractivity contribution < 1.29 is 0 Å². The highest BCUT2D eigenvalue weighted by molar-refractivity contribution is 14.0. The minimum absolute atomic E-state index is 0. The monoisotopic (exact) mass is 471 g/mol. The van der Waals surface area contributed by atoms with E-state index in [4.69, 9.17) is 0 Å².